The second kappa shape index (κ2) is 12.9. The fourth-order valence-electron chi connectivity index (χ4n) is 5.63. The number of carbonyl (C=O) groups is 1. The summed E-state index contributed by atoms with van der Waals surface area (Å²) in [6.07, 6.45) is 4.89. The van der Waals surface area contributed by atoms with Gasteiger partial charge in [-0.3, -0.25) is 14.6 Å². The number of piperidine rings is 2. The molecule has 3 aromatic rings. The second-order valence-corrected chi connectivity index (χ2v) is 10.8. The number of ketones is 1. The lowest BCUT2D eigenvalue weighted by molar-refractivity contribution is 0.0915. The first-order chi connectivity index (χ1) is 18.6. The van der Waals surface area contributed by atoms with Gasteiger partial charge in [0.25, 0.3) is 0 Å². The van der Waals surface area contributed by atoms with Crippen molar-refractivity contribution in [2.24, 2.45) is 5.92 Å². The molecule has 0 spiro atoms. The number of hydrogen-bond acceptors (Lipinski definition) is 5. The average molecular weight is 508 g/mol. The topological polar surface area (TPSA) is 56.6 Å². The Morgan fingerprint density at radius 1 is 0.789 bits per heavy atom. The molecule has 0 aromatic heterocycles. The fourth-order valence-corrected chi connectivity index (χ4v) is 5.63. The second-order valence-electron chi connectivity index (χ2n) is 10.8. The molecule has 2 saturated heterocycles. The van der Waals surface area contributed by atoms with E-state index in [4.69, 9.17) is 10.00 Å². The van der Waals surface area contributed by atoms with E-state index < -0.39 is 0 Å². The molecule has 0 N–H and O–H groups in total. The van der Waals surface area contributed by atoms with Crippen LogP contribution in [0.15, 0.2) is 78.9 Å². The van der Waals surface area contributed by atoms with E-state index in [9.17, 15) is 4.79 Å². The quantitative estimate of drug-likeness (QED) is 0.328. The molecule has 5 nitrogen and oxygen atoms in total. The van der Waals surface area contributed by atoms with Gasteiger partial charge in [0.1, 0.15) is 11.9 Å². The normalized spacial score (nSPS) is 17.7. The monoisotopic (exact) mass is 507 g/mol. The maximum atomic E-state index is 13.1. The van der Waals surface area contributed by atoms with Crippen molar-refractivity contribution in [2.45, 2.75) is 51.3 Å². The maximum Gasteiger partial charge on any atom is 0.163 e. The van der Waals surface area contributed by atoms with Crippen molar-refractivity contribution >= 4 is 5.78 Å². The molecular weight excluding hydrogens is 470 g/mol. The smallest absolute Gasteiger partial charge is 0.163 e. The summed E-state index contributed by atoms with van der Waals surface area (Å²) in [4.78, 5) is 18.0. The molecule has 0 atom stereocenters. The molecule has 0 bridgehead atoms. The molecule has 0 aliphatic carbocycles. The first-order valence-electron chi connectivity index (χ1n) is 13.9. The van der Waals surface area contributed by atoms with Gasteiger partial charge in [0.15, 0.2) is 5.78 Å². The highest BCUT2D eigenvalue weighted by Crippen LogP contribution is 2.26. The first kappa shape index (κ1) is 26.2. The van der Waals surface area contributed by atoms with E-state index in [0.717, 1.165) is 76.3 Å². The predicted molar refractivity (Wildman–Crippen MR) is 150 cm³/mol. The summed E-state index contributed by atoms with van der Waals surface area (Å²) in [5.41, 5.74) is 4.06. The zero-order valence-electron chi connectivity index (χ0n) is 22.1. The SMILES string of the molecule is N#Cc1ccc(CN2CCC(Oc3cccc(C(=O)CC4CCN(Cc5ccccc5)CC4)c3)CC2)cc1. The van der Waals surface area contributed by atoms with Crippen LogP contribution in [0.25, 0.3) is 0 Å². The number of ether oxygens (including phenoxy) is 1. The van der Waals surface area contributed by atoms with Gasteiger partial charge >= 0.3 is 0 Å². The summed E-state index contributed by atoms with van der Waals surface area (Å²) in [7, 11) is 0. The summed E-state index contributed by atoms with van der Waals surface area (Å²) in [5.74, 6) is 1.49. The lowest BCUT2D eigenvalue weighted by atomic mass is 9.89. The Hall–Kier alpha value is -3.46. The minimum Gasteiger partial charge on any atom is -0.490 e. The standard InChI is InChI=1S/C33H37N3O2/c34-23-27-9-11-29(12-10-27)25-36-19-15-31(16-20-36)38-32-8-4-7-30(22-32)33(37)21-26-13-17-35(18-14-26)24-28-5-2-1-3-6-28/h1-12,22,26,31H,13-21,24-25H2. The zero-order chi connectivity index (χ0) is 26.2. The third-order valence-corrected chi connectivity index (χ3v) is 7.91. The number of carbonyl (C=O) groups excluding carboxylic acids is 1. The minimum atomic E-state index is 0.173. The molecule has 2 heterocycles. The molecule has 38 heavy (non-hydrogen) atoms. The van der Waals surface area contributed by atoms with Crippen molar-refractivity contribution in [1.82, 2.24) is 9.80 Å². The first-order valence-corrected chi connectivity index (χ1v) is 13.9. The minimum absolute atomic E-state index is 0.173. The maximum absolute atomic E-state index is 13.1. The molecule has 2 aliphatic heterocycles. The highest BCUT2D eigenvalue weighted by atomic mass is 16.5. The molecule has 0 radical (unpaired) electrons. The van der Waals surface area contributed by atoms with E-state index in [1.54, 1.807) is 0 Å². The van der Waals surface area contributed by atoms with Gasteiger partial charge in [-0.15, -0.1) is 0 Å². The molecule has 5 rings (SSSR count). The van der Waals surface area contributed by atoms with E-state index in [1.165, 1.54) is 11.1 Å². The van der Waals surface area contributed by atoms with E-state index in [2.05, 4.69) is 46.2 Å². The molecular formula is C33H37N3O2. The van der Waals surface area contributed by atoms with Crippen LogP contribution in [0.2, 0.25) is 0 Å². The summed E-state index contributed by atoms with van der Waals surface area (Å²) >= 11 is 0. The molecule has 0 saturated carbocycles. The predicted octanol–water partition coefficient (Wildman–Crippen LogP) is 6.09. The summed E-state index contributed by atoms with van der Waals surface area (Å²) < 4.78 is 6.31. The van der Waals surface area contributed by atoms with Crippen LogP contribution in [0.4, 0.5) is 0 Å². The van der Waals surface area contributed by atoms with Crippen molar-refractivity contribution in [3.8, 4) is 11.8 Å². The summed E-state index contributed by atoms with van der Waals surface area (Å²) in [5, 5.41) is 8.98. The number of hydrogen-bond donors (Lipinski definition) is 0. The third-order valence-electron chi connectivity index (χ3n) is 7.91. The number of likely N-dealkylation sites (tertiary alicyclic amines) is 2. The highest BCUT2D eigenvalue weighted by Gasteiger charge is 2.23. The molecule has 2 aliphatic rings. The van der Waals surface area contributed by atoms with Crippen LogP contribution < -0.4 is 4.74 Å². The molecule has 3 aromatic carbocycles. The summed E-state index contributed by atoms with van der Waals surface area (Å²) in [6.45, 7) is 5.96. The van der Waals surface area contributed by atoms with Crippen LogP contribution in [0, 0.1) is 17.2 Å². The van der Waals surface area contributed by atoms with Crippen molar-refractivity contribution in [3.05, 3.63) is 101 Å². The van der Waals surface area contributed by atoms with Crippen LogP contribution >= 0.6 is 0 Å². The summed E-state index contributed by atoms with van der Waals surface area (Å²) in [6, 6.07) is 28.4. The zero-order valence-corrected chi connectivity index (χ0v) is 22.1. The van der Waals surface area contributed by atoms with Crippen molar-refractivity contribution < 1.29 is 9.53 Å². The lowest BCUT2D eigenvalue weighted by Crippen LogP contribution is -2.37. The van der Waals surface area contributed by atoms with Crippen LogP contribution in [0.1, 0.15) is 59.2 Å². The Bertz CT molecular complexity index is 1220. The van der Waals surface area contributed by atoms with Crippen LogP contribution in [-0.2, 0) is 13.1 Å². The molecule has 2 fully saturated rings. The van der Waals surface area contributed by atoms with Crippen molar-refractivity contribution in [3.63, 3.8) is 0 Å². The van der Waals surface area contributed by atoms with Crippen LogP contribution in [0.5, 0.6) is 5.75 Å². The Morgan fingerprint density at radius 3 is 2.08 bits per heavy atom. The van der Waals surface area contributed by atoms with Gasteiger partial charge < -0.3 is 4.74 Å². The number of benzene rings is 3. The van der Waals surface area contributed by atoms with Gasteiger partial charge in [-0.1, -0.05) is 54.6 Å². The van der Waals surface area contributed by atoms with E-state index in [0.29, 0.717) is 17.9 Å². The third kappa shape index (κ3) is 7.31. The number of nitrogens with zero attached hydrogens (tertiary/aromatic N) is 3. The van der Waals surface area contributed by atoms with Crippen LogP contribution in [-0.4, -0.2) is 47.9 Å². The van der Waals surface area contributed by atoms with Gasteiger partial charge in [-0.05, 0) is 80.1 Å². The molecule has 0 unspecified atom stereocenters. The fraction of sp³-hybridized carbons (Fsp3) is 0.394. The number of nitriles is 1. The Labute approximate surface area is 226 Å². The van der Waals surface area contributed by atoms with Crippen molar-refractivity contribution in [2.75, 3.05) is 26.2 Å². The Morgan fingerprint density at radius 2 is 1.42 bits per heavy atom. The largest absolute Gasteiger partial charge is 0.490 e. The van der Waals surface area contributed by atoms with Gasteiger partial charge in [0, 0.05) is 38.2 Å². The average Bonchev–Trinajstić information content (AvgIpc) is 2.96. The molecule has 196 valence electrons. The lowest BCUT2D eigenvalue weighted by Gasteiger charge is -2.32. The van der Waals surface area contributed by atoms with E-state index >= 15 is 0 Å². The Kier molecular flexibility index (Phi) is 8.86. The van der Waals surface area contributed by atoms with E-state index in [1.807, 2.05) is 48.5 Å². The van der Waals surface area contributed by atoms with Gasteiger partial charge in [0.2, 0.25) is 0 Å². The molecule has 0 amide bonds. The van der Waals surface area contributed by atoms with Crippen LogP contribution in [0.3, 0.4) is 0 Å². The van der Waals surface area contributed by atoms with Crippen molar-refractivity contribution in [1.29, 1.82) is 5.26 Å². The number of Topliss-reactive ketones (excluding diaryl/α,β-unsaturated/α-hetero) is 1. The number of rotatable bonds is 9. The van der Waals surface area contributed by atoms with Gasteiger partial charge in [0.05, 0.1) is 11.6 Å². The van der Waals surface area contributed by atoms with Gasteiger partial charge in [-0.25, -0.2) is 0 Å². The highest BCUT2D eigenvalue weighted by molar-refractivity contribution is 5.96. The molecule has 5 heteroatoms. The Balaban J connectivity index is 1.05. The van der Waals surface area contributed by atoms with E-state index in [-0.39, 0.29) is 11.9 Å². The van der Waals surface area contributed by atoms with Gasteiger partial charge in [-0.2, -0.15) is 5.26 Å².